The predicted octanol–water partition coefficient (Wildman–Crippen LogP) is 1.17. The van der Waals surface area contributed by atoms with Crippen molar-refractivity contribution in [3.63, 3.8) is 0 Å². The Balaban J connectivity index is 1.99. The number of nitro groups is 1. The van der Waals surface area contributed by atoms with E-state index in [2.05, 4.69) is 0 Å². The fourth-order valence-electron chi connectivity index (χ4n) is 2.50. The van der Waals surface area contributed by atoms with Crippen LogP contribution in [0.1, 0.15) is 23.8 Å². The third kappa shape index (κ3) is 2.49. The zero-order valence-electron chi connectivity index (χ0n) is 10.8. The minimum atomic E-state index is -1.19. The normalized spacial score (nSPS) is 25.9. The van der Waals surface area contributed by atoms with Crippen molar-refractivity contribution in [1.29, 1.82) is 0 Å². The number of hydrogen-bond acceptors (Lipinski definition) is 6. The standard InChI is InChI=1S/C12H12N2O6S/c15-8-5-20-11(12(16)17)10(13(8)6-1-2-6)7-3-4-9(21-7)14(18)19/h3-4,6,10-11H,1-2,5H2,(H,16,17). The molecule has 21 heavy (non-hydrogen) atoms. The van der Waals surface area contributed by atoms with E-state index in [-0.39, 0.29) is 23.6 Å². The molecule has 2 fully saturated rings. The summed E-state index contributed by atoms with van der Waals surface area (Å²) in [6.45, 7) is -0.266. The molecule has 2 aliphatic rings. The zero-order chi connectivity index (χ0) is 15.1. The lowest BCUT2D eigenvalue weighted by Gasteiger charge is -2.38. The number of carbonyl (C=O) groups is 2. The summed E-state index contributed by atoms with van der Waals surface area (Å²) in [5.74, 6) is -1.44. The van der Waals surface area contributed by atoms with Gasteiger partial charge in [0.15, 0.2) is 6.10 Å². The molecule has 2 unspecified atom stereocenters. The maximum absolute atomic E-state index is 12.0. The van der Waals surface area contributed by atoms with Crippen molar-refractivity contribution in [3.05, 3.63) is 27.1 Å². The maximum atomic E-state index is 12.0. The number of carbonyl (C=O) groups excluding carboxylic acids is 1. The summed E-state index contributed by atoms with van der Waals surface area (Å²) in [6.07, 6.45) is 0.450. The van der Waals surface area contributed by atoms with Gasteiger partial charge in [-0.15, -0.1) is 0 Å². The Morgan fingerprint density at radius 2 is 2.19 bits per heavy atom. The van der Waals surface area contributed by atoms with Gasteiger partial charge in [-0.05, 0) is 18.9 Å². The molecule has 1 aliphatic heterocycles. The number of carboxylic acid groups (broad SMARTS) is 1. The molecule has 2 heterocycles. The smallest absolute Gasteiger partial charge is 0.335 e. The Morgan fingerprint density at radius 3 is 2.71 bits per heavy atom. The summed E-state index contributed by atoms with van der Waals surface area (Å²) in [5, 5.41) is 20.0. The van der Waals surface area contributed by atoms with E-state index in [1.54, 1.807) is 0 Å². The number of thiophene rings is 1. The molecular weight excluding hydrogens is 300 g/mol. The first-order valence-electron chi connectivity index (χ1n) is 6.38. The Hall–Kier alpha value is -2.00. The molecule has 9 heteroatoms. The third-order valence-electron chi connectivity index (χ3n) is 3.53. The van der Waals surface area contributed by atoms with Crippen LogP contribution < -0.4 is 0 Å². The van der Waals surface area contributed by atoms with Gasteiger partial charge in [0.2, 0.25) is 5.91 Å². The van der Waals surface area contributed by atoms with Crippen LogP contribution in [0.2, 0.25) is 0 Å². The van der Waals surface area contributed by atoms with E-state index in [9.17, 15) is 24.8 Å². The number of morpholine rings is 1. The first kappa shape index (κ1) is 14.0. The number of aliphatic carboxylic acids is 1. The number of carboxylic acids is 1. The maximum Gasteiger partial charge on any atom is 0.335 e. The van der Waals surface area contributed by atoms with Crippen molar-refractivity contribution in [2.45, 2.75) is 31.0 Å². The van der Waals surface area contributed by atoms with Crippen molar-refractivity contribution in [3.8, 4) is 0 Å². The third-order valence-corrected chi connectivity index (χ3v) is 4.64. The topological polar surface area (TPSA) is 110 Å². The molecule has 0 radical (unpaired) electrons. The quantitative estimate of drug-likeness (QED) is 0.660. The highest BCUT2D eigenvalue weighted by molar-refractivity contribution is 7.15. The van der Waals surface area contributed by atoms with Crippen LogP contribution in [-0.2, 0) is 14.3 Å². The van der Waals surface area contributed by atoms with Gasteiger partial charge in [-0.1, -0.05) is 11.3 Å². The lowest BCUT2D eigenvalue weighted by molar-refractivity contribution is -0.380. The lowest BCUT2D eigenvalue weighted by atomic mass is 10.0. The van der Waals surface area contributed by atoms with E-state index in [0.29, 0.717) is 4.88 Å². The van der Waals surface area contributed by atoms with Gasteiger partial charge in [0, 0.05) is 17.0 Å². The Morgan fingerprint density at radius 1 is 1.48 bits per heavy atom. The monoisotopic (exact) mass is 312 g/mol. The van der Waals surface area contributed by atoms with Crippen molar-refractivity contribution in [2.75, 3.05) is 6.61 Å². The number of nitrogens with zero attached hydrogens (tertiary/aromatic N) is 2. The van der Waals surface area contributed by atoms with E-state index in [4.69, 9.17) is 4.74 Å². The van der Waals surface area contributed by atoms with E-state index >= 15 is 0 Å². The number of amides is 1. The molecule has 0 bridgehead atoms. The van der Waals surface area contributed by atoms with Crippen LogP contribution in [0.15, 0.2) is 12.1 Å². The van der Waals surface area contributed by atoms with Crippen molar-refractivity contribution in [1.82, 2.24) is 4.90 Å². The highest BCUT2D eigenvalue weighted by Crippen LogP contribution is 2.42. The summed E-state index contributed by atoms with van der Waals surface area (Å²) >= 11 is 0.883. The second-order valence-corrected chi connectivity index (χ2v) is 6.07. The average molecular weight is 312 g/mol. The first-order chi connectivity index (χ1) is 9.99. The Kier molecular flexibility index (Phi) is 3.38. The van der Waals surface area contributed by atoms with Crippen molar-refractivity contribution < 1.29 is 24.4 Å². The average Bonchev–Trinajstić information content (AvgIpc) is 3.13. The van der Waals surface area contributed by atoms with E-state index in [0.717, 1.165) is 24.2 Å². The van der Waals surface area contributed by atoms with Gasteiger partial charge in [-0.2, -0.15) is 0 Å². The molecule has 0 spiro atoms. The van der Waals surface area contributed by atoms with Crippen LogP contribution in [-0.4, -0.2) is 45.6 Å². The van der Waals surface area contributed by atoms with Crippen molar-refractivity contribution >= 4 is 28.2 Å². The lowest BCUT2D eigenvalue weighted by Crippen LogP contribution is -2.52. The summed E-state index contributed by atoms with van der Waals surface area (Å²) in [5.41, 5.74) is 0. The van der Waals surface area contributed by atoms with Gasteiger partial charge < -0.3 is 14.7 Å². The zero-order valence-corrected chi connectivity index (χ0v) is 11.6. The molecular formula is C12H12N2O6S. The minimum absolute atomic E-state index is 0.00871. The molecule has 1 saturated heterocycles. The highest BCUT2D eigenvalue weighted by atomic mass is 32.1. The largest absolute Gasteiger partial charge is 0.479 e. The molecule has 112 valence electrons. The highest BCUT2D eigenvalue weighted by Gasteiger charge is 2.48. The second kappa shape index (κ2) is 5.08. The molecule has 1 saturated carbocycles. The molecule has 0 aromatic carbocycles. The minimum Gasteiger partial charge on any atom is -0.479 e. The second-order valence-electron chi connectivity index (χ2n) is 4.98. The molecule has 1 aliphatic carbocycles. The van der Waals surface area contributed by atoms with Gasteiger partial charge in [0.25, 0.3) is 0 Å². The van der Waals surface area contributed by atoms with Gasteiger partial charge >= 0.3 is 11.0 Å². The number of rotatable bonds is 4. The Labute approximate surface area is 123 Å². The fraction of sp³-hybridized carbons (Fsp3) is 0.500. The SMILES string of the molecule is O=C(O)C1OCC(=O)N(C2CC2)C1c1ccc([N+](=O)[O-])s1. The molecule has 1 aromatic rings. The number of hydrogen-bond donors (Lipinski definition) is 1. The van der Waals surface area contributed by atoms with Crippen LogP contribution >= 0.6 is 11.3 Å². The predicted molar refractivity (Wildman–Crippen MR) is 71.0 cm³/mol. The first-order valence-corrected chi connectivity index (χ1v) is 7.20. The summed E-state index contributed by atoms with van der Waals surface area (Å²) < 4.78 is 5.14. The van der Waals surface area contributed by atoms with Gasteiger partial charge in [-0.3, -0.25) is 14.9 Å². The van der Waals surface area contributed by atoms with E-state index < -0.39 is 23.0 Å². The van der Waals surface area contributed by atoms with Gasteiger partial charge in [0.05, 0.1) is 4.92 Å². The van der Waals surface area contributed by atoms with Gasteiger partial charge in [0.1, 0.15) is 12.6 Å². The van der Waals surface area contributed by atoms with E-state index in [1.165, 1.54) is 17.0 Å². The molecule has 2 atom stereocenters. The number of ether oxygens (including phenoxy) is 1. The van der Waals surface area contributed by atoms with Crippen LogP contribution in [0, 0.1) is 10.1 Å². The Bertz CT molecular complexity index is 611. The fourth-order valence-corrected chi connectivity index (χ4v) is 3.45. The van der Waals surface area contributed by atoms with Crippen LogP contribution in [0.4, 0.5) is 5.00 Å². The van der Waals surface area contributed by atoms with Gasteiger partial charge in [-0.25, -0.2) is 4.79 Å². The van der Waals surface area contributed by atoms with Crippen LogP contribution in [0.5, 0.6) is 0 Å². The molecule has 1 amide bonds. The van der Waals surface area contributed by atoms with Crippen LogP contribution in [0.25, 0.3) is 0 Å². The van der Waals surface area contributed by atoms with Crippen LogP contribution in [0.3, 0.4) is 0 Å². The molecule has 1 aromatic heterocycles. The summed E-state index contributed by atoms with van der Waals surface area (Å²) in [7, 11) is 0. The molecule has 3 rings (SSSR count). The van der Waals surface area contributed by atoms with Crippen molar-refractivity contribution in [2.24, 2.45) is 0 Å². The summed E-state index contributed by atoms with van der Waals surface area (Å²) in [6, 6.07) is 2.04. The summed E-state index contributed by atoms with van der Waals surface area (Å²) in [4.78, 5) is 35.7. The molecule has 8 nitrogen and oxygen atoms in total. The van der Waals surface area contributed by atoms with E-state index in [1.807, 2.05) is 0 Å². The molecule has 1 N–H and O–H groups in total.